The number of carbonyl (C=O) groups is 1. The predicted octanol–water partition coefficient (Wildman–Crippen LogP) is 2.40. The highest BCUT2D eigenvalue weighted by Gasteiger charge is 2.37. The van der Waals surface area contributed by atoms with Crippen LogP contribution in [0.1, 0.15) is 4.88 Å². The molecule has 0 bridgehead atoms. The van der Waals surface area contributed by atoms with Crippen LogP contribution in [-0.4, -0.2) is 18.6 Å². The van der Waals surface area contributed by atoms with E-state index in [1.54, 1.807) is 17.5 Å². The molecule has 0 amide bonds. The minimum atomic E-state index is -4.80. The van der Waals surface area contributed by atoms with Gasteiger partial charge in [-0.25, -0.2) is 0 Å². The van der Waals surface area contributed by atoms with Gasteiger partial charge in [0.25, 0.3) is 5.78 Å². The fourth-order valence-electron chi connectivity index (χ4n) is 0.721. The van der Waals surface area contributed by atoms with Gasteiger partial charge in [-0.1, -0.05) is 6.07 Å². The lowest BCUT2D eigenvalue weighted by atomic mass is 10.4. The molecule has 6 heteroatoms. The Morgan fingerprint density at radius 1 is 1.50 bits per heavy atom. The monoisotopic (exact) mass is 224 g/mol. The lowest BCUT2D eigenvalue weighted by molar-refractivity contribution is -0.175. The summed E-state index contributed by atoms with van der Waals surface area (Å²) in [5.74, 6) is -1.85. The minimum Gasteiger partial charge on any atom is -0.368 e. The summed E-state index contributed by atoms with van der Waals surface area (Å²) in [7, 11) is 0. The van der Waals surface area contributed by atoms with Crippen LogP contribution in [0.5, 0.6) is 0 Å². The van der Waals surface area contributed by atoms with Crippen LogP contribution in [-0.2, 0) is 16.1 Å². The van der Waals surface area contributed by atoms with Gasteiger partial charge >= 0.3 is 6.18 Å². The van der Waals surface area contributed by atoms with Crippen molar-refractivity contribution in [1.29, 1.82) is 0 Å². The number of thiophene rings is 1. The van der Waals surface area contributed by atoms with E-state index in [2.05, 4.69) is 4.74 Å². The van der Waals surface area contributed by atoms with E-state index in [1.807, 2.05) is 0 Å². The van der Waals surface area contributed by atoms with Gasteiger partial charge in [-0.2, -0.15) is 13.2 Å². The molecule has 0 saturated carbocycles. The molecule has 14 heavy (non-hydrogen) atoms. The maximum Gasteiger partial charge on any atom is 0.452 e. The molecule has 78 valence electrons. The zero-order chi connectivity index (χ0) is 10.6. The van der Waals surface area contributed by atoms with E-state index in [9.17, 15) is 18.0 Å². The molecule has 0 aromatic carbocycles. The average Bonchev–Trinajstić information content (AvgIpc) is 2.55. The number of ether oxygens (including phenoxy) is 1. The smallest absolute Gasteiger partial charge is 0.368 e. The largest absolute Gasteiger partial charge is 0.452 e. The minimum absolute atomic E-state index is 0.0412. The molecular weight excluding hydrogens is 217 g/mol. The Labute approximate surface area is 82.3 Å². The van der Waals surface area contributed by atoms with E-state index in [0.29, 0.717) is 0 Å². The summed E-state index contributed by atoms with van der Waals surface area (Å²) in [5, 5.41) is 1.78. The van der Waals surface area contributed by atoms with E-state index in [1.165, 1.54) is 11.3 Å². The topological polar surface area (TPSA) is 26.3 Å². The van der Waals surface area contributed by atoms with Crippen LogP contribution in [0.25, 0.3) is 0 Å². The fraction of sp³-hybridized carbons (Fsp3) is 0.375. The lowest BCUT2D eigenvalue weighted by Gasteiger charge is -2.04. The van der Waals surface area contributed by atoms with Gasteiger partial charge in [0.2, 0.25) is 0 Å². The Morgan fingerprint density at radius 2 is 2.21 bits per heavy atom. The summed E-state index contributed by atoms with van der Waals surface area (Å²) in [6.45, 7) is -0.874. The van der Waals surface area contributed by atoms with Crippen molar-refractivity contribution < 1.29 is 22.7 Å². The van der Waals surface area contributed by atoms with Gasteiger partial charge < -0.3 is 4.74 Å². The molecule has 1 heterocycles. The summed E-state index contributed by atoms with van der Waals surface area (Å²) in [6, 6.07) is 3.48. The molecule has 0 aliphatic carbocycles. The van der Waals surface area contributed by atoms with Crippen molar-refractivity contribution in [2.75, 3.05) is 6.61 Å². The highest BCUT2D eigenvalue weighted by Crippen LogP contribution is 2.16. The maximum atomic E-state index is 11.7. The SMILES string of the molecule is O=C(COCc1cccs1)C(F)(F)F. The van der Waals surface area contributed by atoms with Gasteiger partial charge in [-0.15, -0.1) is 11.3 Å². The van der Waals surface area contributed by atoms with Crippen LogP contribution in [0.2, 0.25) is 0 Å². The van der Waals surface area contributed by atoms with Crippen molar-refractivity contribution in [2.45, 2.75) is 12.8 Å². The molecule has 0 fully saturated rings. The Hall–Kier alpha value is -0.880. The molecule has 0 aliphatic heterocycles. The van der Waals surface area contributed by atoms with Crippen LogP contribution >= 0.6 is 11.3 Å². The highest BCUT2D eigenvalue weighted by molar-refractivity contribution is 7.09. The van der Waals surface area contributed by atoms with Crippen molar-refractivity contribution in [3.8, 4) is 0 Å². The quantitative estimate of drug-likeness (QED) is 0.785. The van der Waals surface area contributed by atoms with E-state index in [4.69, 9.17) is 0 Å². The zero-order valence-electron chi connectivity index (χ0n) is 7.00. The van der Waals surface area contributed by atoms with Gasteiger partial charge in [0.1, 0.15) is 6.61 Å². The van der Waals surface area contributed by atoms with Crippen molar-refractivity contribution in [3.05, 3.63) is 22.4 Å². The van der Waals surface area contributed by atoms with Crippen molar-refractivity contribution in [1.82, 2.24) is 0 Å². The van der Waals surface area contributed by atoms with Crippen LogP contribution in [0.15, 0.2) is 17.5 Å². The second-order valence-corrected chi connectivity index (χ2v) is 3.53. The van der Waals surface area contributed by atoms with Crippen LogP contribution < -0.4 is 0 Å². The number of alkyl halides is 3. The Bertz CT molecular complexity index is 292. The molecule has 2 nitrogen and oxygen atoms in total. The lowest BCUT2D eigenvalue weighted by Crippen LogP contribution is -2.27. The highest BCUT2D eigenvalue weighted by atomic mass is 32.1. The Morgan fingerprint density at radius 3 is 2.71 bits per heavy atom. The van der Waals surface area contributed by atoms with E-state index < -0.39 is 18.6 Å². The summed E-state index contributed by atoms with van der Waals surface area (Å²) < 4.78 is 39.7. The van der Waals surface area contributed by atoms with E-state index in [0.717, 1.165) is 4.88 Å². The number of hydrogen-bond acceptors (Lipinski definition) is 3. The number of ketones is 1. The van der Waals surface area contributed by atoms with Gasteiger partial charge in [0.15, 0.2) is 0 Å². The molecule has 0 N–H and O–H groups in total. The first kappa shape index (κ1) is 11.2. The molecule has 1 rings (SSSR count). The molecule has 0 saturated heterocycles. The van der Waals surface area contributed by atoms with E-state index >= 15 is 0 Å². The second-order valence-electron chi connectivity index (χ2n) is 2.49. The normalized spacial score (nSPS) is 11.6. The van der Waals surface area contributed by atoms with Crippen molar-refractivity contribution in [3.63, 3.8) is 0 Å². The molecule has 0 unspecified atom stereocenters. The second kappa shape index (κ2) is 4.56. The van der Waals surface area contributed by atoms with Crippen molar-refractivity contribution >= 4 is 17.1 Å². The fourth-order valence-corrected chi connectivity index (χ4v) is 1.36. The first-order valence-electron chi connectivity index (χ1n) is 3.70. The standard InChI is InChI=1S/C8H7F3O2S/c9-8(10,11)7(12)5-13-4-6-2-1-3-14-6/h1-3H,4-5H2. The third-order valence-electron chi connectivity index (χ3n) is 1.37. The van der Waals surface area contributed by atoms with Gasteiger partial charge in [-0.05, 0) is 11.4 Å². The molecule has 1 aromatic heterocycles. The number of carbonyl (C=O) groups excluding carboxylic acids is 1. The molecular formula is C8H7F3O2S. The van der Waals surface area contributed by atoms with Gasteiger partial charge in [0, 0.05) is 4.88 Å². The first-order valence-corrected chi connectivity index (χ1v) is 4.58. The predicted molar refractivity (Wildman–Crippen MR) is 45.0 cm³/mol. The average molecular weight is 224 g/mol. The number of Topliss-reactive ketones (excluding diaryl/α,β-unsaturated/α-hetero) is 1. The Balaban J connectivity index is 2.26. The third-order valence-corrected chi connectivity index (χ3v) is 2.22. The van der Waals surface area contributed by atoms with Crippen LogP contribution in [0.3, 0.4) is 0 Å². The molecule has 0 aliphatic rings. The molecule has 0 atom stereocenters. The van der Waals surface area contributed by atoms with Crippen LogP contribution in [0.4, 0.5) is 13.2 Å². The summed E-state index contributed by atoms with van der Waals surface area (Å²) >= 11 is 1.36. The molecule has 1 aromatic rings. The molecule has 0 spiro atoms. The Kier molecular flexibility index (Phi) is 3.65. The summed E-state index contributed by atoms with van der Waals surface area (Å²) in [4.78, 5) is 11.1. The maximum absolute atomic E-state index is 11.7. The number of rotatable bonds is 4. The van der Waals surface area contributed by atoms with Gasteiger partial charge in [-0.3, -0.25) is 4.79 Å². The first-order chi connectivity index (χ1) is 6.50. The number of halogens is 3. The molecule has 0 radical (unpaired) electrons. The van der Waals surface area contributed by atoms with Gasteiger partial charge in [0.05, 0.1) is 6.61 Å². The number of hydrogen-bond donors (Lipinski definition) is 0. The van der Waals surface area contributed by atoms with Crippen molar-refractivity contribution in [2.24, 2.45) is 0 Å². The van der Waals surface area contributed by atoms with E-state index in [-0.39, 0.29) is 6.61 Å². The summed E-state index contributed by atoms with van der Waals surface area (Å²) in [5.41, 5.74) is 0. The van der Waals surface area contributed by atoms with Crippen LogP contribution in [0, 0.1) is 0 Å². The zero-order valence-corrected chi connectivity index (χ0v) is 7.82. The third kappa shape index (κ3) is 3.47. The summed E-state index contributed by atoms with van der Waals surface area (Å²) in [6.07, 6.45) is -4.80.